The Kier molecular flexibility index (Phi) is 1.77. The summed E-state index contributed by atoms with van der Waals surface area (Å²) in [5, 5.41) is 10.2. The van der Waals surface area contributed by atoms with Gasteiger partial charge in [0.15, 0.2) is 0 Å². The van der Waals surface area contributed by atoms with E-state index < -0.39 is 0 Å². The zero-order valence-corrected chi connectivity index (χ0v) is 10.3. The molecular weight excluding hydrogens is 184 g/mol. The third kappa shape index (κ3) is 1.08. The average molecular weight is 208 g/mol. The highest BCUT2D eigenvalue weighted by Gasteiger charge is 2.67. The Morgan fingerprint density at radius 1 is 1.27 bits per heavy atom. The van der Waals surface area contributed by atoms with Crippen molar-refractivity contribution in [3.63, 3.8) is 0 Å². The zero-order chi connectivity index (χ0) is 10.9. The van der Waals surface area contributed by atoms with Crippen LogP contribution in [0.25, 0.3) is 0 Å². The molecule has 1 nitrogen and oxygen atoms in total. The Morgan fingerprint density at radius 3 is 2.40 bits per heavy atom. The quantitative estimate of drug-likeness (QED) is 0.700. The largest absolute Gasteiger partial charge is 0.390 e. The van der Waals surface area contributed by atoms with Crippen molar-refractivity contribution >= 4 is 0 Å². The van der Waals surface area contributed by atoms with Gasteiger partial charge in [-0.15, -0.1) is 0 Å². The van der Waals surface area contributed by atoms with Crippen LogP contribution in [0, 0.1) is 22.7 Å². The molecule has 1 spiro atoms. The summed E-state index contributed by atoms with van der Waals surface area (Å²) in [7, 11) is 0. The van der Waals surface area contributed by atoms with E-state index in [2.05, 4.69) is 20.8 Å². The van der Waals surface area contributed by atoms with E-state index in [1.165, 1.54) is 19.3 Å². The smallest absolute Gasteiger partial charge is 0.0656 e. The van der Waals surface area contributed by atoms with Gasteiger partial charge in [0.05, 0.1) is 5.60 Å². The van der Waals surface area contributed by atoms with E-state index in [1.807, 2.05) is 0 Å². The van der Waals surface area contributed by atoms with Crippen molar-refractivity contribution in [2.45, 2.75) is 64.9 Å². The third-order valence-corrected chi connectivity index (χ3v) is 6.22. The maximum atomic E-state index is 10.2. The lowest BCUT2D eigenvalue weighted by molar-refractivity contribution is -0.251. The molecule has 0 unspecified atom stereocenters. The summed E-state index contributed by atoms with van der Waals surface area (Å²) < 4.78 is 0. The molecule has 0 aliphatic heterocycles. The summed E-state index contributed by atoms with van der Waals surface area (Å²) in [5.74, 6) is 1.90. The Balaban J connectivity index is 1.79. The minimum absolute atomic E-state index is 0.293. The highest BCUT2D eigenvalue weighted by atomic mass is 16.3. The van der Waals surface area contributed by atoms with Gasteiger partial charge in [0.1, 0.15) is 0 Å². The number of rotatable bonds is 1. The van der Waals surface area contributed by atoms with Crippen LogP contribution < -0.4 is 0 Å². The lowest BCUT2D eigenvalue weighted by Crippen LogP contribution is -2.66. The van der Waals surface area contributed by atoms with Crippen molar-refractivity contribution in [1.82, 2.24) is 0 Å². The van der Waals surface area contributed by atoms with E-state index in [9.17, 15) is 5.11 Å². The van der Waals surface area contributed by atoms with E-state index in [-0.39, 0.29) is 5.60 Å². The van der Waals surface area contributed by atoms with Crippen LogP contribution >= 0.6 is 0 Å². The molecule has 0 amide bonds. The summed E-state index contributed by atoms with van der Waals surface area (Å²) >= 11 is 0. The molecule has 0 saturated heterocycles. The number of hydrogen-bond acceptors (Lipinski definition) is 1. The van der Waals surface area contributed by atoms with Crippen molar-refractivity contribution in [3.05, 3.63) is 0 Å². The van der Waals surface area contributed by atoms with Crippen LogP contribution in [-0.4, -0.2) is 10.7 Å². The molecule has 2 bridgehead atoms. The van der Waals surface area contributed by atoms with Crippen LogP contribution in [-0.2, 0) is 0 Å². The minimum Gasteiger partial charge on any atom is -0.390 e. The van der Waals surface area contributed by atoms with E-state index in [0.717, 1.165) is 31.1 Å². The molecule has 0 aromatic heterocycles. The molecule has 4 fully saturated rings. The fourth-order valence-electron chi connectivity index (χ4n) is 5.11. The molecule has 0 aromatic rings. The molecule has 4 aliphatic rings. The standard InChI is InChI=1S/C14H24O/c1-4-14(15)8-13(9-14)6-5-10-7-11(13)12(10,2)3/h10-11,15H,4-9H2,1-3H3/t10-,11+,13?,14?/m1/s1. The van der Waals surface area contributed by atoms with Crippen LogP contribution in [0.1, 0.15) is 59.3 Å². The van der Waals surface area contributed by atoms with Crippen molar-refractivity contribution < 1.29 is 5.11 Å². The summed E-state index contributed by atoms with van der Waals surface area (Å²) in [6.07, 6.45) is 7.41. The Morgan fingerprint density at radius 2 is 1.93 bits per heavy atom. The van der Waals surface area contributed by atoms with Crippen LogP contribution in [0.5, 0.6) is 0 Å². The van der Waals surface area contributed by atoms with Gasteiger partial charge in [-0.25, -0.2) is 0 Å². The number of fused-ring (bicyclic) bond motifs is 1. The van der Waals surface area contributed by atoms with E-state index in [0.29, 0.717) is 10.8 Å². The summed E-state index contributed by atoms with van der Waals surface area (Å²) in [6, 6.07) is 0. The lowest BCUT2D eigenvalue weighted by atomic mass is 9.34. The van der Waals surface area contributed by atoms with Crippen molar-refractivity contribution in [2.75, 3.05) is 0 Å². The first-order chi connectivity index (χ1) is 6.92. The molecule has 0 aromatic carbocycles. The second-order valence-electron chi connectivity index (χ2n) is 7.14. The minimum atomic E-state index is -0.293. The number of hydrogen-bond donors (Lipinski definition) is 1. The maximum Gasteiger partial charge on any atom is 0.0656 e. The predicted octanol–water partition coefficient (Wildman–Crippen LogP) is 3.36. The first-order valence-corrected chi connectivity index (χ1v) is 6.64. The van der Waals surface area contributed by atoms with Crippen molar-refractivity contribution in [2.24, 2.45) is 22.7 Å². The van der Waals surface area contributed by atoms with Gasteiger partial charge in [-0.05, 0) is 61.2 Å². The SMILES string of the molecule is CCC1(O)CC2(CC[C@@H]3C[C@H]2C3(C)C)C1. The Bertz CT molecular complexity index is 284. The van der Waals surface area contributed by atoms with Crippen LogP contribution in [0.15, 0.2) is 0 Å². The molecule has 4 saturated carbocycles. The average Bonchev–Trinajstić information content (AvgIpc) is 2.15. The summed E-state index contributed by atoms with van der Waals surface area (Å²) in [4.78, 5) is 0. The highest BCUT2D eigenvalue weighted by Crippen LogP contribution is 2.73. The van der Waals surface area contributed by atoms with E-state index in [1.54, 1.807) is 0 Å². The first kappa shape index (κ1) is 10.1. The van der Waals surface area contributed by atoms with Gasteiger partial charge in [-0.1, -0.05) is 20.8 Å². The van der Waals surface area contributed by atoms with Crippen molar-refractivity contribution in [3.8, 4) is 0 Å². The molecule has 4 aliphatic carbocycles. The summed E-state index contributed by atoms with van der Waals surface area (Å²) in [5.41, 5.74) is 0.828. The second-order valence-corrected chi connectivity index (χ2v) is 7.14. The van der Waals surface area contributed by atoms with Crippen LogP contribution in [0.4, 0.5) is 0 Å². The van der Waals surface area contributed by atoms with Gasteiger partial charge in [0, 0.05) is 0 Å². The fourth-order valence-corrected chi connectivity index (χ4v) is 5.11. The topological polar surface area (TPSA) is 20.2 Å². The predicted molar refractivity (Wildman–Crippen MR) is 61.5 cm³/mol. The molecule has 1 heteroatoms. The van der Waals surface area contributed by atoms with Gasteiger partial charge in [-0.3, -0.25) is 0 Å². The molecule has 4 rings (SSSR count). The molecule has 0 radical (unpaired) electrons. The molecule has 86 valence electrons. The normalized spacial score (nSPS) is 56.0. The Hall–Kier alpha value is -0.0400. The van der Waals surface area contributed by atoms with Gasteiger partial charge in [0.2, 0.25) is 0 Å². The first-order valence-electron chi connectivity index (χ1n) is 6.64. The highest BCUT2D eigenvalue weighted by molar-refractivity contribution is 5.17. The zero-order valence-electron chi connectivity index (χ0n) is 10.3. The molecule has 2 atom stereocenters. The van der Waals surface area contributed by atoms with Crippen molar-refractivity contribution in [1.29, 1.82) is 0 Å². The second kappa shape index (κ2) is 2.61. The third-order valence-electron chi connectivity index (χ3n) is 6.22. The van der Waals surface area contributed by atoms with Gasteiger partial charge in [0.25, 0.3) is 0 Å². The lowest BCUT2D eigenvalue weighted by Gasteiger charge is -2.71. The maximum absolute atomic E-state index is 10.2. The summed E-state index contributed by atoms with van der Waals surface area (Å²) in [6.45, 7) is 7.04. The monoisotopic (exact) mass is 208 g/mol. The van der Waals surface area contributed by atoms with Gasteiger partial charge in [-0.2, -0.15) is 0 Å². The molecule has 15 heavy (non-hydrogen) atoms. The fraction of sp³-hybridized carbons (Fsp3) is 1.00. The van der Waals surface area contributed by atoms with Crippen LogP contribution in [0.3, 0.4) is 0 Å². The number of aliphatic hydroxyl groups is 1. The van der Waals surface area contributed by atoms with E-state index in [4.69, 9.17) is 0 Å². The van der Waals surface area contributed by atoms with E-state index >= 15 is 0 Å². The molecule has 0 heterocycles. The Labute approximate surface area is 93.3 Å². The molecular formula is C14H24O. The molecule has 1 N–H and O–H groups in total. The van der Waals surface area contributed by atoms with Gasteiger partial charge >= 0.3 is 0 Å². The van der Waals surface area contributed by atoms with Gasteiger partial charge < -0.3 is 5.11 Å². The van der Waals surface area contributed by atoms with Crippen LogP contribution in [0.2, 0.25) is 0 Å².